The number of rotatable bonds is 9. The van der Waals surface area contributed by atoms with E-state index in [2.05, 4.69) is 11.8 Å². The molecule has 0 radical (unpaired) electrons. The Balaban J connectivity index is 1.23. The first-order valence-corrected chi connectivity index (χ1v) is 17.9. The van der Waals surface area contributed by atoms with Gasteiger partial charge in [-0.05, 0) is 43.9 Å². The molecule has 5 unspecified atom stereocenters. The minimum Gasteiger partial charge on any atom is -0.461 e. The van der Waals surface area contributed by atoms with Crippen LogP contribution in [0, 0.1) is 40.4 Å². The Labute approximate surface area is 287 Å². The molecule has 2 saturated heterocycles. The van der Waals surface area contributed by atoms with Gasteiger partial charge in [0.2, 0.25) is 11.8 Å². The van der Waals surface area contributed by atoms with Crippen molar-refractivity contribution in [1.29, 1.82) is 0 Å². The van der Waals surface area contributed by atoms with Crippen molar-refractivity contribution in [3.8, 4) is 0 Å². The number of carbonyl (C=O) groups is 3. The number of carbonyl (C=O) groups excluding carboxylic acids is 3. The highest BCUT2D eigenvalue weighted by Gasteiger charge is 2.91. The Bertz CT molecular complexity index is 1560. The van der Waals surface area contributed by atoms with Gasteiger partial charge in [0.1, 0.15) is 11.2 Å². The smallest absolute Gasteiger partial charge is 0.340 e. The summed E-state index contributed by atoms with van der Waals surface area (Å²) in [6, 6.07) is 6.12. The van der Waals surface area contributed by atoms with E-state index in [4.69, 9.17) is 23.7 Å². The number of para-hydroxylation sites is 1. The fraction of sp³-hybridized carbons (Fsp3) is 0.757. The van der Waals surface area contributed by atoms with Gasteiger partial charge in [0.15, 0.2) is 0 Å². The summed E-state index contributed by atoms with van der Waals surface area (Å²) in [7, 11) is 6.70. The van der Waals surface area contributed by atoms with Crippen LogP contribution in [0.15, 0.2) is 24.3 Å². The summed E-state index contributed by atoms with van der Waals surface area (Å²) >= 11 is 0. The number of amides is 2. The molecule has 7 bridgehead atoms. The molecule has 5 saturated carbocycles. The lowest BCUT2D eigenvalue weighted by molar-refractivity contribution is -0.320. The van der Waals surface area contributed by atoms with Gasteiger partial charge in [0.25, 0.3) is 0 Å². The highest BCUT2D eigenvalue weighted by atomic mass is 16.5. The Morgan fingerprint density at radius 2 is 1.80 bits per heavy atom. The van der Waals surface area contributed by atoms with Crippen molar-refractivity contribution in [3.05, 3.63) is 29.8 Å². The largest absolute Gasteiger partial charge is 0.461 e. The van der Waals surface area contributed by atoms with Crippen LogP contribution in [-0.4, -0.2) is 123 Å². The van der Waals surface area contributed by atoms with Gasteiger partial charge in [-0.3, -0.25) is 14.5 Å². The number of ether oxygens (including phenoxy) is 5. The Hall–Kier alpha value is -2.45. The summed E-state index contributed by atoms with van der Waals surface area (Å²) in [5.74, 6) is -2.47. The number of hydrogen-bond acceptors (Lipinski definition) is 11. The van der Waals surface area contributed by atoms with Crippen molar-refractivity contribution in [2.24, 2.45) is 40.4 Å². The average Bonchev–Trinajstić information content (AvgIpc) is 3.63. The normalized spacial score (nSPS) is 48.0. The van der Waals surface area contributed by atoms with E-state index in [-0.39, 0.29) is 84.5 Å². The zero-order chi connectivity index (χ0) is 34.8. The molecule has 7 aliphatic rings. The van der Waals surface area contributed by atoms with Gasteiger partial charge in [-0.25, -0.2) is 9.69 Å². The summed E-state index contributed by atoms with van der Waals surface area (Å²) in [5.41, 5.74) is -4.17. The number of esters is 1. The highest BCUT2D eigenvalue weighted by Crippen LogP contribution is 2.80. The van der Waals surface area contributed by atoms with Crippen LogP contribution in [0.3, 0.4) is 0 Å². The predicted octanol–water partition coefficient (Wildman–Crippen LogP) is 2.04. The molecule has 7 fully saturated rings. The van der Waals surface area contributed by atoms with Gasteiger partial charge in [0, 0.05) is 82.3 Å². The molecule has 14 atom stereocenters. The van der Waals surface area contributed by atoms with Gasteiger partial charge in [-0.2, -0.15) is 0 Å². The molecule has 8 rings (SSSR count). The van der Waals surface area contributed by atoms with Crippen LogP contribution in [0.2, 0.25) is 0 Å². The third kappa shape index (κ3) is 3.86. The van der Waals surface area contributed by atoms with E-state index in [0.717, 1.165) is 11.3 Å². The molecule has 0 aromatic heterocycles. The lowest BCUT2D eigenvalue weighted by atomic mass is 9.42. The van der Waals surface area contributed by atoms with Gasteiger partial charge in [0.05, 0.1) is 48.3 Å². The predicted molar refractivity (Wildman–Crippen MR) is 174 cm³/mol. The molecule has 268 valence electrons. The Morgan fingerprint density at radius 1 is 1.04 bits per heavy atom. The van der Waals surface area contributed by atoms with Crippen LogP contribution in [0.1, 0.15) is 56.3 Å². The first kappa shape index (κ1) is 33.7. The number of fused-ring (bicyclic) bond motifs is 2. The maximum atomic E-state index is 14.1. The maximum absolute atomic E-state index is 14.1. The minimum absolute atomic E-state index is 0.0358. The quantitative estimate of drug-likeness (QED) is 0.292. The second-order valence-electron chi connectivity index (χ2n) is 16.0. The number of methoxy groups -OCH3 is 4. The molecular weight excluding hydrogens is 632 g/mol. The Morgan fingerprint density at radius 3 is 2.43 bits per heavy atom. The van der Waals surface area contributed by atoms with Crippen molar-refractivity contribution < 1.29 is 48.3 Å². The van der Waals surface area contributed by atoms with E-state index < -0.39 is 46.1 Å². The number of aliphatic hydroxyl groups is 2. The van der Waals surface area contributed by atoms with Crippen LogP contribution >= 0.6 is 0 Å². The van der Waals surface area contributed by atoms with Crippen molar-refractivity contribution >= 4 is 23.5 Å². The molecule has 12 heteroatoms. The average molecular weight is 683 g/mol. The van der Waals surface area contributed by atoms with Crippen molar-refractivity contribution in [2.75, 3.05) is 53.0 Å². The highest BCUT2D eigenvalue weighted by molar-refractivity contribution is 6.22. The van der Waals surface area contributed by atoms with E-state index in [1.165, 1.54) is 0 Å². The molecule has 1 spiro atoms. The van der Waals surface area contributed by atoms with Crippen molar-refractivity contribution in [1.82, 2.24) is 4.90 Å². The van der Waals surface area contributed by atoms with Crippen LogP contribution in [0.4, 0.5) is 5.69 Å². The van der Waals surface area contributed by atoms with Crippen LogP contribution < -0.4 is 4.90 Å². The monoisotopic (exact) mass is 682 g/mol. The molecule has 1 aromatic rings. The number of anilines is 1. The number of benzene rings is 1. The Kier molecular flexibility index (Phi) is 7.75. The fourth-order valence-corrected chi connectivity index (χ4v) is 13.2. The van der Waals surface area contributed by atoms with Gasteiger partial charge in [-0.1, -0.05) is 26.0 Å². The third-order valence-electron chi connectivity index (χ3n) is 14.5. The number of imide groups is 1. The fourth-order valence-electron chi connectivity index (χ4n) is 13.2. The number of nitrogens with zero attached hydrogens (tertiary/aromatic N) is 2. The van der Waals surface area contributed by atoms with Crippen LogP contribution in [0.5, 0.6) is 0 Å². The molecular formula is C37H50N2O10. The number of likely N-dealkylation sites (N-methyl/N-ethyl adjacent to an activating group) is 1. The molecule has 1 aromatic carbocycles. The number of hydrogen-bond donors (Lipinski definition) is 2. The summed E-state index contributed by atoms with van der Waals surface area (Å²) in [6.45, 7) is 4.95. The number of likely N-dealkylation sites (tertiary alicyclic amines) is 1. The second-order valence-corrected chi connectivity index (χ2v) is 16.0. The standard InChI is InChI=1S/C37H50N2O10/c1-7-38-17-34(18-49-32(42)20-10-8-9-11-23(20)39-26(40)14-19(2)31(39)41)13-12-25(46-4)36-22-15-21-24(45-3)16-35(43,27(22)28(21)47-5)37(44,33(36)38)30(48-6)29(34)36/h8-11,19,21-22,24-25,27-30,33,43-44H,7,12-18H2,1-6H3/t19?,21-,22?,24-,25-,27?,28-,29?,30-,33?,34+,35+,36-,37+/m0/s1. The van der Waals surface area contributed by atoms with E-state index in [1.54, 1.807) is 59.6 Å². The molecule has 2 amide bonds. The van der Waals surface area contributed by atoms with Gasteiger partial charge >= 0.3 is 5.97 Å². The molecule has 49 heavy (non-hydrogen) atoms. The lowest BCUT2D eigenvalue weighted by Gasteiger charge is -2.70. The van der Waals surface area contributed by atoms with Gasteiger partial charge < -0.3 is 33.9 Å². The SMILES string of the molecule is CCN1C[C@@]2(COC(=O)c3ccccc3N3C(=O)CC(C)C3=O)CC[C@H](OC)[C@]34C5C[C@H]6[C@@H](OC)C[C@@](O)(C5[C@H]6OC)[C@](O)(C13)[C@@H](OC)C24. The first-order valence-electron chi connectivity index (χ1n) is 17.9. The maximum Gasteiger partial charge on any atom is 0.340 e. The minimum atomic E-state index is -1.70. The molecule has 2 N–H and O–H groups in total. The summed E-state index contributed by atoms with van der Waals surface area (Å²) < 4.78 is 31.4. The topological polar surface area (TPSA) is 144 Å². The molecule has 12 nitrogen and oxygen atoms in total. The summed E-state index contributed by atoms with van der Waals surface area (Å²) in [6.07, 6.45) is 0.813. The summed E-state index contributed by atoms with van der Waals surface area (Å²) in [4.78, 5) is 43.3. The third-order valence-corrected chi connectivity index (χ3v) is 14.5. The second kappa shape index (κ2) is 11.3. The van der Waals surface area contributed by atoms with E-state index in [9.17, 15) is 24.6 Å². The zero-order valence-electron chi connectivity index (χ0n) is 29.3. The van der Waals surface area contributed by atoms with Crippen molar-refractivity contribution in [2.45, 2.75) is 87.6 Å². The van der Waals surface area contributed by atoms with Gasteiger partial charge in [-0.15, -0.1) is 0 Å². The van der Waals surface area contributed by atoms with E-state index >= 15 is 0 Å². The zero-order valence-corrected chi connectivity index (χ0v) is 29.3. The number of piperidine rings is 1. The lowest BCUT2D eigenvalue weighted by Crippen LogP contribution is -2.82. The van der Waals surface area contributed by atoms with Crippen LogP contribution in [0.25, 0.3) is 0 Å². The first-order chi connectivity index (χ1) is 23.4. The van der Waals surface area contributed by atoms with Crippen molar-refractivity contribution in [3.63, 3.8) is 0 Å². The molecule has 5 aliphatic carbocycles. The molecule has 2 heterocycles. The molecule has 2 aliphatic heterocycles. The van der Waals surface area contributed by atoms with E-state index in [0.29, 0.717) is 25.9 Å². The van der Waals surface area contributed by atoms with Crippen LogP contribution in [-0.2, 0) is 33.3 Å². The van der Waals surface area contributed by atoms with E-state index in [1.807, 2.05) is 0 Å². The summed E-state index contributed by atoms with van der Waals surface area (Å²) in [5, 5.41) is 26.6.